The molecule has 1 amide bonds. The highest BCUT2D eigenvalue weighted by molar-refractivity contribution is 9.10. The van der Waals surface area contributed by atoms with Crippen molar-refractivity contribution in [3.63, 3.8) is 0 Å². The molecule has 1 aliphatic heterocycles. The van der Waals surface area contributed by atoms with Gasteiger partial charge in [-0.15, -0.1) is 0 Å². The van der Waals surface area contributed by atoms with Gasteiger partial charge in [-0.1, -0.05) is 6.07 Å². The summed E-state index contributed by atoms with van der Waals surface area (Å²) in [6.45, 7) is 5.24. The molecule has 0 radical (unpaired) electrons. The number of amides is 1. The van der Waals surface area contributed by atoms with E-state index in [1.165, 1.54) is 25.3 Å². The van der Waals surface area contributed by atoms with Gasteiger partial charge in [-0.05, 0) is 61.7 Å². The van der Waals surface area contributed by atoms with E-state index in [4.69, 9.17) is 9.47 Å². The second kappa shape index (κ2) is 8.52. The van der Waals surface area contributed by atoms with Gasteiger partial charge in [0, 0.05) is 23.0 Å². The van der Waals surface area contributed by atoms with Gasteiger partial charge >= 0.3 is 18.0 Å². The predicted molar refractivity (Wildman–Crippen MR) is 107 cm³/mol. The first-order valence-electron chi connectivity index (χ1n) is 9.06. The van der Waals surface area contributed by atoms with Crippen molar-refractivity contribution in [3.05, 3.63) is 33.8 Å². The molecule has 1 aromatic carbocycles. The van der Waals surface area contributed by atoms with Crippen molar-refractivity contribution in [3.8, 4) is 0 Å². The van der Waals surface area contributed by atoms with Crippen molar-refractivity contribution in [2.45, 2.75) is 51.2 Å². The molecule has 1 saturated heterocycles. The van der Waals surface area contributed by atoms with Crippen molar-refractivity contribution in [1.29, 1.82) is 0 Å². The van der Waals surface area contributed by atoms with Crippen LogP contribution in [0.1, 0.15) is 60.7 Å². The van der Waals surface area contributed by atoms with E-state index < -0.39 is 41.4 Å². The molecule has 0 bridgehead atoms. The Bertz CT molecular complexity index is 846. The Morgan fingerprint density at radius 3 is 2.45 bits per heavy atom. The molecule has 9 heteroatoms. The van der Waals surface area contributed by atoms with Crippen LogP contribution in [0.2, 0.25) is 0 Å². The first-order chi connectivity index (χ1) is 13.4. The van der Waals surface area contributed by atoms with Crippen LogP contribution < -0.4 is 0 Å². The first kappa shape index (κ1) is 22.9. The molecule has 0 spiro atoms. The lowest BCUT2D eigenvalue weighted by atomic mass is 9.87. The Morgan fingerprint density at radius 1 is 1.24 bits per heavy atom. The van der Waals surface area contributed by atoms with Gasteiger partial charge in [0.05, 0.1) is 12.7 Å². The lowest BCUT2D eigenvalue weighted by Crippen LogP contribution is -2.55. The maximum absolute atomic E-state index is 12.9. The number of carboxylic acids is 1. The van der Waals surface area contributed by atoms with Crippen LogP contribution in [-0.2, 0) is 14.3 Å². The van der Waals surface area contributed by atoms with Gasteiger partial charge in [0.15, 0.2) is 11.3 Å². The van der Waals surface area contributed by atoms with Crippen LogP contribution >= 0.6 is 15.9 Å². The van der Waals surface area contributed by atoms with Gasteiger partial charge in [-0.3, -0.25) is 9.69 Å². The molecule has 1 fully saturated rings. The standard InChI is InChI=1S/C20H24BrNO7/c1-19(2,3)29-18(27)22-9-5-8-20(22,17(25)26)11-15(23)12-6-7-14(21)13(10-12)16(24)28-4/h6-7,10H,5,8-9,11H2,1-4H3,(H,25,26). The van der Waals surface area contributed by atoms with E-state index in [0.717, 1.165) is 4.90 Å². The smallest absolute Gasteiger partial charge is 0.411 e. The largest absolute Gasteiger partial charge is 0.479 e. The van der Waals surface area contributed by atoms with E-state index in [9.17, 15) is 24.3 Å². The predicted octanol–water partition coefficient (Wildman–Crippen LogP) is 3.66. The minimum absolute atomic E-state index is 0.133. The summed E-state index contributed by atoms with van der Waals surface area (Å²) in [4.78, 5) is 50.7. The number of benzene rings is 1. The number of rotatable bonds is 5. The molecule has 8 nitrogen and oxygen atoms in total. The van der Waals surface area contributed by atoms with Crippen LogP contribution in [0, 0.1) is 0 Å². The number of hydrogen-bond acceptors (Lipinski definition) is 6. The zero-order valence-corrected chi connectivity index (χ0v) is 18.4. The maximum Gasteiger partial charge on any atom is 0.411 e. The van der Waals surface area contributed by atoms with Crippen LogP contribution in [0.15, 0.2) is 22.7 Å². The topological polar surface area (TPSA) is 110 Å². The van der Waals surface area contributed by atoms with Crippen LogP contribution in [-0.4, -0.2) is 58.6 Å². The molecular weight excluding hydrogens is 446 g/mol. The zero-order chi connectivity index (χ0) is 22.0. The Kier molecular flexibility index (Phi) is 6.72. The molecule has 1 aliphatic rings. The van der Waals surface area contributed by atoms with Crippen molar-refractivity contribution < 1.29 is 33.8 Å². The van der Waals surface area contributed by atoms with Crippen molar-refractivity contribution in [1.82, 2.24) is 4.90 Å². The lowest BCUT2D eigenvalue weighted by molar-refractivity contribution is -0.149. The van der Waals surface area contributed by atoms with E-state index in [0.29, 0.717) is 10.9 Å². The second-order valence-corrected chi connectivity index (χ2v) is 8.71. The van der Waals surface area contributed by atoms with Gasteiger partial charge in [0.1, 0.15) is 5.60 Å². The summed E-state index contributed by atoms with van der Waals surface area (Å²) in [5.41, 5.74) is -2.18. The highest BCUT2D eigenvalue weighted by Gasteiger charge is 2.52. The second-order valence-electron chi connectivity index (χ2n) is 7.86. The number of carboxylic acid groups (broad SMARTS) is 1. The molecule has 1 heterocycles. The summed E-state index contributed by atoms with van der Waals surface area (Å²) in [6.07, 6.45) is -0.624. The van der Waals surface area contributed by atoms with E-state index in [2.05, 4.69) is 15.9 Å². The van der Waals surface area contributed by atoms with Gasteiger partial charge in [-0.25, -0.2) is 14.4 Å². The molecule has 1 aromatic rings. The number of ether oxygens (including phenoxy) is 2. The quantitative estimate of drug-likeness (QED) is 0.517. The number of esters is 1. The molecule has 0 aromatic heterocycles. The van der Waals surface area contributed by atoms with Gasteiger partial charge in [0.25, 0.3) is 0 Å². The third kappa shape index (κ3) is 4.95. The highest BCUT2D eigenvalue weighted by atomic mass is 79.9. The third-order valence-electron chi connectivity index (χ3n) is 4.65. The van der Waals surface area contributed by atoms with E-state index in [1.54, 1.807) is 20.8 Å². The molecule has 2 rings (SSSR count). The number of carbonyl (C=O) groups is 4. The molecule has 0 aliphatic carbocycles. The SMILES string of the molecule is COC(=O)c1cc(C(=O)CC2(C(=O)O)CCCN2C(=O)OC(C)(C)C)ccc1Br. The summed E-state index contributed by atoms with van der Waals surface area (Å²) >= 11 is 3.22. The van der Waals surface area contributed by atoms with E-state index in [-0.39, 0.29) is 24.1 Å². The summed E-state index contributed by atoms with van der Waals surface area (Å²) in [7, 11) is 1.22. The van der Waals surface area contributed by atoms with Gasteiger partial charge < -0.3 is 14.6 Å². The third-order valence-corrected chi connectivity index (χ3v) is 5.34. The molecule has 158 valence electrons. The molecule has 1 N–H and O–H groups in total. The minimum atomic E-state index is -1.70. The minimum Gasteiger partial charge on any atom is -0.479 e. The summed E-state index contributed by atoms with van der Waals surface area (Å²) < 4.78 is 10.5. The van der Waals surface area contributed by atoms with Gasteiger partial charge in [0.2, 0.25) is 0 Å². The number of likely N-dealkylation sites (tertiary alicyclic amines) is 1. The maximum atomic E-state index is 12.9. The number of ketones is 1. The molecule has 1 atom stereocenters. The summed E-state index contributed by atoms with van der Waals surface area (Å²) in [6, 6.07) is 4.36. The van der Waals surface area contributed by atoms with Crippen LogP contribution in [0.5, 0.6) is 0 Å². The number of halogens is 1. The molecular formula is C20H24BrNO7. The Balaban J connectivity index is 2.35. The Hall–Kier alpha value is -2.42. The van der Waals surface area contributed by atoms with Gasteiger partial charge in [-0.2, -0.15) is 0 Å². The van der Waals surface area contributed by atoms with E-state index in [1.807, 2.05) is 0 Å². The Labute approximate surface area is 177 Å². The molecule has 29 heavy (non-hydrogen) atoms. The Morgan fingerprint density at radius 2 is 1.90 bits per heavy atom. The summed E-state index contributed by atoms with van der Waals surface area (Å²) in [5, 5.41) is 9.92. The van der Waals surface area contributed by atoms with Crippen LogP contribution in [0.3, 0.4) is 0 Å². The average Bonchev–Trinajstić information content (AvgIpc) is 3.05. The fourth-order valence-corrected chi connectivity index (χ4v) is 3.68. The van der Waals surface area contributed by atoms with Crippen LogP contribution in [0.25, 0.3) is 0 Å². The number of Topliss-reactive ketones (excluding diaryl/α,β-unsaturated/α-hetero) is 1. The van der Waals surface area contributed by atoms with Crippen molar-refractivity contribution >= 4 is 39.7 Å². The normalized spacial score (nSPS) is 19.0. The number of hydrogen-bond donors (Lipinski definition) is 1. The average molecular weight is 470 g/mol. The fourth-order valence-electron chi connectivity index (χ4n) is 3.28. The van der Waals surface area contributed by atoms with Crippen molar-refractivity contribution in [2.24, 2.45) is 0 Å². The number of methoxy groups -OCH3 is 1. The highest BCUT2D eigenvalue weighted by Crippen LogP contribution is 2.36. The molecule has 0 saturated carbocycles. The fraction of sp³-hybridized carbons (Fsp3) is 0.500. The van der Waals surface area contributed by atoms with Crippen LogP contribution in [0.4, 0.5) is 4.79 Å². The first-order valence-corrected chi connectivity index (χ1v) is 9.85. The monoisotopic (exact) mass is 469 g/mol. The van der Waals surface area contributed by atoms with E-state index >= 15 is 0 Å². The van der Waals surface area contributed by atoms with Crippen molar-refractivity contribution in [2.75, 3.05) is 13.7 Å². The lowest BCUT2D eigenvalue weighted by Gasteiger charge is -2.35. The summed E-state index contributed by atoms with van der Waals surface area (Å²) in [5.74, 6) is -2.39. The zero-order valence-electron chi connectivity index (χ0n) is 16.8. The number of nitrogens with zero attached hydrogens (tertiary/aromatic N) is 1. The molecule has 1 unspecified atom stereocenters. The number of aliphatic carboxylic acids is 1. The number of carbonyl (C=O) groups excluding carboxylic acids is 3.